The fourth-order valence-electron chi connectivity index (χ4n) is 2.92. The van der Waals surface area contributed by atoms with Crippen LogP contribution in [0.2, 0.25) is 0 Å². The minimum atomic E-state index is 0.357. The summed E-state index contributed by atoms with van der Waals surface area (Å²) in [5.74, 6) is 0.782. The molecule has 1 fully saturated rings. The molecule has 1 heteroatoms. The second-order valence-electron chi connectivity index (χ2n) is 7.21. The van der Waals surface area contributed by atoms with E-state index in [1.807, 2.05) is 0 Å². The maximum Gasteiger partial charge on any atom is 0.00898 e. The lowest BCUT2D eigenvalue weighted by Crippen LogP contribution is -2.45. The third kappa shape index (κ3) is 4.07. The van der Waals surface area contributed by atoms with Crippen molar-refractivity contribution in [2.24, 2.45) is 5.41 Å². The van der Waals surface area contributed by atoms with E-state index in [-0.39, 0.29) is 0 Å². The highest BCUT2D eigenvalue weighted by Gasteiger charge is 2.26. The zero-order chi connectivity index (χ0) is 13.9. The molecule has 106 valence electrons. The van der Waals surface area contributed by atoms with Gasteiger partial charge in [-0.1, -0.05) is 51.1 Å². The molecule has 1 saturated carbocycles. The quantitative estimate of drug-likeness (QED) is 0.827. The second kappa shape index (κ2) is 6.09. The monoisotopic (exact) mass is 259 g/mol. The summed E-state index contributed by atoms with van der Waals surface area (Å²) in [6.07, 6.45) is 5.30. The van der Waals surface area contributed by atoms with Crippen molar-refractivity contribution in [1.29, 1.82) is 0 Å². The van der Waals surface area contributed by atoms with E-state index in [9.17, 15) is 0 Å². The predicted molar refractivity (Wildman–Crippen MR) is 83.5 cm³/mol. The number of hydrogen-bond acceptors (Lipinski definition) is 1. The first-order valence-corrected chi connectivity index (χ1v) is 7.78. The molecule has 0 saturated heterocycles. The summed E-state index contributed by atoms with van der Waals surface area (Å²) >= 11 is 0. The van der Waals surface area contributed by atoms with Crippen LogP contribution in [0.4, 0.5) is 0 Å². The van der Waals surface area contributed by atoms with Crippen molar-refractivity contribution in [3.05, 3.63) is 35.9 Å². The van der Waals surface area contributed by atoms with E-state index in [4.69, 9.17) is 0 Å². The third-order valence-electron chi connectivity index (χ3n) is 4.78. The molecule has 1 N–H and O–H groups in total. The van der Waals surface area contributed by atoms with Gasteiger partial charge in [0, 0.05) is 12.1 Å². The summed E-state index contributed by atoms with van der Waals surface area (Å²) < 4.78 is 0. The lowest BCUT2D eigenvalue weighted by molar-refractivity contribution is 0.231. The summed E-state index contributed by atoms with van der Waals surface area (Å²) in [5.41, 5.74) is 1.89. The van der Waals surface area contributed by atoms with Crippen molar-refractivity contribution in [2.45, 2.75) is 71.4 Å². The van der Waals surface area contributed by atoms with Crippen molar-refractivity contribution in [3.63, 3.8) is 0 Å². The van der Waals surface area contributed by atoms with Crippen molar-refractivity contribution in [1.82, 2.24) is 5.32 Å². The number of hydrogen-bond donors (Lipinski definition) is 1. The van der Waals surface area contributed by atoms with Crippen molar-refractivity contribution >= 4 is 0 Å². The van der Waals surface area contributed by atoms with Crippen LogP contribution < -0.4 is 5.32 Å². The summed E-state index contributed by atoms with van der Waals surface area (Å²) in [5, 5.41) is 3.83. The van der Waals surface area contributed by atoms with Crippen LogP contribution in [-0.2, 0) is 0 Å². The molecule has 0 spiro atoms. The van der Waals surface area contributed by atoms with Crippen LogP contribution in [0.5, 0.6) is 0 Å². The molecule has 0 bridgehead atoms. The van der Waals surface area contributed by atoms with Gasteiger partial charge < -0.3 is 5.32 Å². The molecular formula is C18H29N. The maximum atomic E-state index is 3.83. The standard InChI is InChI=1S/C18H29N/c1-14(18(2,3)4)19-17-12-10-16(11-13-17)15-8-6-5-7-9-15/h5-9,14,16-17,19H,10-13H2,1-4H3. The Balaban J connectivity index is 1.83. The average Bonchev–Trinajstić information content (AvgIpc) is 2.39. The number of rotatable bonds is 3. The van der Waals surface area contributed by atoms with E-state index in [0.717, 1.165) is 5.92 Å². The topological polar surface area (TPSA) is 12.0 Å². The van der Waals surface area contributed by atoms with Gasteiger partial charge in [0.15, 0.2) is 0 Å². The van der Waals surface area contributed by atoms with Crippen LogP contribution in [0, 0.1) is 5.41 Å². The Bertz CT molecular complexity index is 368. The van der Waals surface area contributed by atoms with Gasteiger partial charge >= 0.3 is 0 Å². The molecule has 19 heavy (non-hydrogen) atoms. The SMILES string of the molecule is CC(NC1CCC(c2ccccc2)CC1)C(C)(C)C. The molecule has 1 atom stereocenters. The van der Waals surface area contributed by atoms with Crippen LogP contribution in [0.3, 0.4) is 0 Å². The molecule has 1 aliphatic rings. The van der Waals surface area contributed by atoms with Gasteiger partial charge in [-0.15, -0.1) is 0 Å². The van der Waals surface area contributed by atoms with E-state index in [2.05, 4.69) is 63.3 Å². The van der Waals surface area contributed by atoms with Crippen LogP contribution in [0.15, 0.2) is 30.3 Å². The number of benzene rings is 1. The normalized spacial score (nSPS) is 26.1. The maximum absolute atomic E-state index is 3.83. The van der Waals surface area contributed by atoms with Crippen molar-refractivity contribution < 1.29 is 0 Å². The molecule has 1 nitrogen and oxygen atoms in total. The Morgan fingerprint density at radius 3 is 2.11 bits per heavy atom. The highest BCUT2D eigenvalue weighted by atomic mass is 15.0. The lowest BCUT2D eigenvalue weighted by atomic mass is 9.80. The Morgan fingerprint density at radius 2 is 1.58 bits per heavy atom. The summed E-state index contributed by atoms with van der Waals surface area (Å²) in [4.78, 5) is 0. The molecule has 0 heterocycles. The Kier molecular flexibility index (Phi) is 4.67. The third-order valence-corrected chi connectivity index (χ3v) is 4.78. The summed E-state index contributed by atoms with van der Waals surface area (Å²) in [6.45, 7) is 9.28. The van der Waals surface area contributed by atoms with Crippen LogP contribution in [0.25, 0.3) is 0 Å². The Hall–Kier alpha value is -0.820. The minimum Gasteiger partial charge on any atom is -0.311 e. The first-order chi connectivity index (χ1) is 8.97. The van der Waals surface area contributed by atoms with Gasteiger partial charge in [-0.05, 0) is 49.5 Å². The van der Waals surface area contributed by atoms with Crippen LogP contribution >= 0.6 is 0 Å². The molecule has 2 rings (SSSR count). The van der Waals surface area contributed by atoms with Gasteiger partial charge in [0.1, 0.15) is 0 Å². The molecule has 0 amide bonds. The van der Waals surface area contributed by atoms with Crippen molar-refractivity contribution in [3.8, 4) is 0 Å². The zero-order valence-corrected chi connectivity index (χ0v) is 12.9. The fraction of sp³-hybridized carbons (Fsp3) is 0.667. The average molecular weight is 259 g/mol. The first-order valence-electron chi connectivity index (χ1n) is 7.78. The summed E-state index contributed by atoms with van der Waals surface area (Å²) in [7, 11) is 0. The minimum absolute atomic E-state index is 0.357. The Morgan fingerprint density at radius 1 is 1.00 bits per heavy atom. The van der Waals surface area contributed by atoms with E-state index in [0.29, 0.717) is 17.5 Å². The van der Waals surface area contributed by atoms with Gasteiger partial charge in [-0.25, -0.2) is 0 Å². The largest absolute Gasteiger partial charge is 0.311 e. The van der Waals surface area contributed by atoms with E-state index in [1.165, 1.54) is 31.2 Å². The molecule has 1 unspecified atom stereocenters. The summed E-state index contributed by atoms with van der Waals surface area (Å²) in [6, 6.07) is 12.3. The lowest BCUT2D eigenvalue weighted by Gasteiger charge is -2.36. The predicted octanol–water partition coefficient (Wildman–Crippen LogP) is 4.74. The Labute approximate surface area is 118 Å². The second-order valence-corrected chi connectivity index (χ2v) is 7.21. The van der Waals surface area contributed by atoms with Crippen LogP contribution in [-0.4, -0.2) is 12.1 Å². The van der Waals surface area contributed by atoms with Crippen LogP contribution in [0.1, 0.15) is 64.9 Å². The van der Waals surface area contributed by atoms with E-state index < -0.39 is 0 Å². The van der Waals surface area contributed by atoms with Gasteiger partial charge in [-0.2, -0.15) is 0 Å². The molecule has 1 aromatic rings. The molecular weight excluding hydrogens is 230 g/mol. The highest BCUT2D eigenvalue weighted by Crippen LogP contribution is 2.33. The molecule has 1 aliphatic carbocycles. The molecule has 0 radical (unpaired) electrons. The van der Waals surface area contributed by atoms with Crippen molar-refractivity contribution in [2.75, 3.05) is 0 Å². The van der Waals surface area contributed by atoms with Gasteiger partial charge in [0.25, 0.3) is 0 Å². The highest BCUT2D eigenvalue weighted by molar-refractivity contribution is 5.20. The fourth-order valence-corrected chi connectivity index (χ4v) is 2.92. The zero-order valence-electron chi connectivity index (χ0n) is 12.9. The molecule has 0 aliphatic heterocycles. The molecule has 1 aromatic carbocycles. The van der Waals surface area contributed by atoms with E-state index in [1.54, 1.807) is 0 Å². The smallest absolute Gasteiger partial charge is 0.00898 e. The first kappa shape index (κ1) is 14.6. The number of nitrogens with one attached hydrogen (secondary N) is 1. The molecule has 0 aromatic heterocycles. The van der Waals surface area contributed by atoms with Gasteiger partial charge in [0.2, 0.25) is 0 Å². The van der Waals surface area contributed by atoms with Gasteiger partial charge in [-0.3, -0.25) is 0 Å². The van der Waals surface area contributed by atoms with Gasteiger partial charge in [0.05, 0.1) is 0 Å². The van der Waals surface area contributed by atoms with E-state index >= 15 is 0 Å².